The van der Waals surface area contributed by atoms with E-state index in [-0.39, 0.29) is 5.91 Å². The van der Waals surface area contributed by atoms with Crippen LogP contribution in [-0.4, -0.2) is 43.5 Å². The number of hydrogen-bond donors (Lipinski definition) is 1. The summed E-state index contributed by atoms with van der Waals surface area (Å²) in [6.45, 7) is 3.34. The van der Waals surface area contributed by atoms with Gasteiger partial charge < -0.3 is 9.88 Å². The molecule has 7 heteroatoms. The molecular formula is C12H15N5OS. The average molecular weight is 277 g/mol. The number of aromatic amines is 1. The fraction of sp³-hybridized carbons (Fsp3) is 0.500. The van der Waals surface area contributed by atoms with Crippen molar-refractivity contribution in [1.29, 1.82) is 0 Å². The van der Waals surface area contributed by atoms with Gasteiger partial charge in [-0.15, -0.1) is 5.10 Å². The highest BCUT2D eigenvalue weighted by Crippen LogP contribution is 2.26. The predicted octanol–water partition coefficient (Wildman–Crippen LogP) is 1.59. The largest absolute Gasteiger partial charge is 0.348 e. The molecule has 19 heavy (non-hydrogen) atoms. The standard InChI is InChI=1S/C12H15N5OS/c1-8-10(19-16-15-8)12(18)17-6-2-3-9(7-17)11-13-4-5-14-11/h4-5,9H,2-3,6-7H2,1H3,(H,13,14)/t9-/m0/s1. The molecule has 0 spiro atoms. The van der Waals surface area contributed by atoms with E-state index in [1.807, 2.05) is 18.0 Å². The van der Waals surface area contributed by atoms with Crippen molar-refractivity contribution < 1.29 is 4.79 Å². The molecule has 0 bridgehead atoms. The van der Waals surface area contributed by atoms with Crippen LogP contribution >= 0.6 is 11.5 Å². The van der Waals surface area contributed by atoms with Gasteiger partial charge in [0.15, 0.2) is 0 Å². The number of carbonyl (C=O) groups excluding carboxylic acids is 1. The lowest BCUT2D eigenvalue weighted by Crippen LogP contribution is -2.39. The number of amides is 1. The Labute approximate surface area is 115 Å². The monoisotopic (exact) mass is 277 g/mol. The summed E-state index contributed by atoms with van der Waals surface area (Å²) < 4.78 is 3.83. The Kier molecular flexibility index (Phi) is 3.29. The number of carbonyl (C=O) groups is 1. The first-order chi connectivity index (χ1) is 9.25. The molecule has 2 aromatic rings. The van der Waals surface area contributed by atoms with Crippen LogP contribution < -0.4 is 0 Å². The van der Waals surface area contributed by atoms with E-state index in [4.69, 9.17) is 0 Å². The maximum Gasteiger partial charge on any atom is 0.267 e. The molecule has 0 unspecified atom stereocenters. The number of aromatic nitrogens is 4. The molecule has 1 aliphatic heterocycles. The van der Waals surface area contributed by atoms with Crippen molar-refractivity contribution in [3.8, 4) is 0 Å². The van der Waals surface area contributed by atoms with Gasteiger partial charge in [0, 0.05) is 31.4 Å². The van der Waals surface area contributed by atoms with Crippen molar-refractivity contribution >= 4 is 17.4 Å². The molecule has 0 aromatic carbocycles. The summed E-state index contributed by atoms with van der Waals surface area (Å²) in [4.78, 5) is 22.4. The van der Waals surface area contributed by atoms with Crippen molar-refractivity contribution in [3.63, 3.8) is 0 Å². The molecule has 2 aromatic heterocycles. The second-order valence-corrected chi connectivity index (χ2v) is 5.51. The van der Waals surface area contributed by atoms with Gasteiger partial charge in [-0.05, 0) is 31.3 Å². The minimum Gasteiger partial charge on any atom is -0.348 e. The molecule has 0 aliphatic carbocycles. The lowest BCUT2D eigenvalue weighted by Gasteiger charge is -2.31. The number of nitrogens with one attached hydrogen (secondary N) is 1. The Morgan fingerprint density at radius 2 is 2.47 bits per heavy atom. The Morgan fingerprint density at radius 1 is 1.58 bits per heavy atom. The molecule has 100 valence electrons. The zero-order chi connectivity index (χ0) is 13.2. The number of likely N-dealkylation sites (tertiary alicyclic amines) is 1. The Balaban J connectivity index is 1.75. The predicted molar refractivity (Wildman–Crippen MR) is 71.1 cm³/mol. The number of imidazole rings is 1. The number of nitrogens with zero attached hydrogens (tertiary/aromatic N) is 4. The fourth-order valence-corrected chi connectivity index (χ4v) is 3.08. The summed E-state index contributed by atoms with van der Waals surface area (Å²) in [6.07, 6.45) is 5.65. The number of rotatable bonds is 2. The van der Waals surface area contributed by atoms with Crippen molar-refractivity contribution in [2.75, 3.05) is 13.1 Å². The van der Waals surface area contributed by atoms with E-state index in [2.05, 4.69) is 19.6 Å². The van der Waals surface area contributed by atoms with Crippen LogP contribution in [0.15, 0.2) is 12.4 Å². The third kappa shape index (κ3) is 2.37. The Bertz CT molecular complexity index is 564. The summed E-state index contributed by atoms with van der Waals surface area (Å²) in [5, 5.41) is 3.90. The summed E-state index contributed by atoms with van der Waals surface area (Å²) >= 11 is 1.17. The van der Waals surface area contributed by atoms with Gasteiger partial charge in [-0.25, -0.2) is 4.98 Å². The van der Waals surface area contributed by atoms with Gasteiger partial charge in [-0.1, -0.05) is 4.49 Å². The quantitative estimate of drug-likeness (QED) is 0.904. The molecule has 6 nitrogen and oxygen atoms in total. The van der Waals surface area contributed by atoms with E-state index in [1.54, 1.807) is 6.20 Å². The van der Waals surface area contributed by atoms with Crippen LogP contribution in [0.5, 0.6) is 0 Å². The lowest BCUT2D eigenvalue weighted by molar-refractivity contribution is 0.0709. The smallest absolute Gasteiger partial charge is 0.267 e. The van der Waals surface area contributed by atoms with Crippen LogP contribution in [0.2, 0.25) is 0 Å². The van der Waals surface area contributed by atoms with E-state index in [9.17, 15) is 4.79 Å². The SMILES string of the molecule is Cc1nnsc1C(=O)N1CCC[C@H](c2ncc[nH]2)C1. The van der Waals surface area contributed by atoms with E-state index in [0.29, 0.717) is 17.3 Å². The number of piperidine rings is 1. The third-order valence-corrected chi connectivity index (χ3v) is 4.28. The van der Waals surface area contributed by atoms with Gasteiger partial charge in [0.2, 0.25) is 0 Å². The molecule has 1 fully saturated rings. The molecule has 1 aliphatic rings. The van der Waals surface area contributed by atoms with Crippen molar-refractivity contribution in [1.82, 2.24) is 24.5 Å². The summed E-state index contributed by atoms with van der Waals surface area (Å²) in [5.74, 6) is 1.31. The molecule has 1 atom stereocenters. The van der Waals surface area contributed by atoms with E-state index < -0.39 is 0 Å². The highest BCUT2D eigenvalue weighted by Gasteiger charge is 2.28. The van der Waals surface area contributed by atoms with Gasteiger partial charge in [0.05, 0.1) is 5.69 Å². The molecule has 1 saturated heterocycles. The van der Waals surface area contributed by atoms with E-state index in [0.717, 1.165) is 30.9 Å². The molecule has 1 N–H and O–H groups in total. The molecule has 3 heterocycles. The maximum absolute atomic E-state index is 12.4. The highest BCUT2D eigenvalue weighted by molar-refractivity contribution is 7.07. The van der Waals surface area contributed by atoms with E-state index >= 15 is 0 Å². The van der Waals surface area contributed by atoms with Crippen LogP contribution in [-0.2, 0) is 0 Å². The molecule has 3 rings (SSSR count). The zero-order valence-corrected chi connectivity index (χ0v) is 11.5. The first-order valence-corrected chi connectivity index (χ1v) is 7.10. The van der Waals surface area contributed by atoms with Crippen LogP contribution in [0.4, 0.5) is 0 Å². The second-order valence-electron chi connectivity index (χ2n) is 4.75. The van der Waals surface area contributed by atoms with Gasteiger partial charge in [-0.2, -0.15) is 0 Å². The number of hydrogen-bond acceptors (Lipinski definition) is 5. The van der Waals surface area contributed by atoms with Crippen LogP contribution in [0.1, 0.15) is 39.9 Å². The third-order valence-electron chi connectivity index (χ3n) is 3.46. The van der Waals surface area contributed by atoms with Gasteiger partial charge in [0.25, 0.3) is 5.91 Å². The van der Waals surface area contributed by atoms with Gasteiger partial charge in [-0.3, -0.25) is 4.79 Å². The van der Waals surface area contributed by atoms with Crippen LogP contribution in [0.3, 0.4) is 0 Å². The van der Waals surface area contributed by atoms with Gasteiger partial charge >= 0.3 is 0 Å². The summed E-state index contributed by atoms with van der Waals surface area (Å²) in [5.41, 5.74) is 0.718. The maximum atomic E-state index is 12.4. The lowest BCUT2D eigenvalue weighted by atomic mass is 9.97. The number of aryl methyl sites for hydroxylation is 1. The Hall–Kier alpha value is -1.76. The highest BCUT2D eigenvalue weighted by atomic mass is 32.1. The van der Waals surface area contributed by atoms with Crippen LogP contribution in [0, 0.1) is 6.92 Å². The minimum atomic E-state index is 0.0451. The topological polar surface area (TPSA) is 74.8 Å². The van der Waals surface area contributed by atoms with Crippen molar-refractivity contribution in [2.24, 2.45) is 0 Å². The average Bonchev–Trinajstić information content (AvgIpc) is 3.09. The molecule has 0 radical (unpaired) electrons. The van der Waals surface area contributed by atoms with Crippen molar-refractivity contribution in [3.05, 3.63) is 28.8 Å². The molecule has 1 amide bonds. The van der Waals surface area contributed by atoms with Gasteiger partial charge in [0.1, 0.15) is 10.7 Å². The summed E-state index contributed by atoms with van der Waals surface area (Å²) in [7, 11) is 0. The van der Waals surface area contributed by atoms with Crippen molar-refractivity contribution in [2.45, 2.75) is 25.7 Å². The van der Waals surface area contributed by atoms with E-state index in [1.165, 1.54) is 11.5 Å². The Morgan fingerprint density at radius 3 is 3.16 bits per heavy atom. The zero-order valence-electron chi connectivity index (χ0n) is 10.7. The summed E-state index contributed by atoms with van der Waals surface area (Å²) in [6, 6.07) is 0. The normalized spacial score (nSPS) is 19.6. The first kappa shape index (κ1) is 12.3. The second kappa shape index (κ2) is 5.08. The minimum absolute atomic E-state index is 0.0451. The molecule has 0 saturated carbocycles. The fourth-order valence-electron chi connectivity index (χ4n) is 2.46. The first-order valence-electron chi connectivity index (χ1n) is 6.33. The number of H-pyrrole nitrogens is 1. The molecular weight excluding hydrogens is 262 g/mol. The van der Waals surface area contributed by atoms with Crippen LogP contribution in [0.25, 0.3) is 0 Å².